The van der Waals surface area contributed by atoms with E-state index >= 15 is 0 Å². The zero-order valence-electron chi connectivity index (χ0n) is 12.8. The molecule has 0 aliphatic carbocycles. The van der Waals surface area contributed by atoms with Crippen molar-refractivity contribution in [2.24, 2.45) is 0 Å². The van der Waals surface area contributed by atoms with Crippen LogP contribution in [0.1, 0.15) is 19.4 Å². The van der Waals surface area contributed by atoms with Crippen LogP contribution in [-0.4, -0.2) is 28.9 Å². The van der Waals surface area contributed by atoms with E-state index in [1.54, 1.807) is 41.6 Å². The Morgan fingerprint density at radius 3 is 2.45 bits per heavy atom. The summed E-state index contributed by atoms with van der Waals surface area (Å²) in [6.07, 6.45) is 6.72. The molecule has 0 unspecified atom stereocenters. The van der Waals surface area contributed by atoms with Gasteiger partial charge in [0.05, 0.1) is 0 Å². The highest BCUT2D eigenvalue weighted by Crippen LogP contribution is 2.20. The molecule has 0 aliphatic heterocycles. The first-order valence-corrected chi connectivity index (χ1v) is 7.32. The van der Waals surface area contributed by atoms with Crippen molar-refractivity contribution in [2.75, 3.05) is 13.1 Å². The third-order valence-corrected chi connectivity index (χ3v) is 3.43. The van der Waals surface area contributed by atoms with E-state index in [0.717, 1.165) is 16.7 Å². The van der Waals surface area contributed by atoms with Gasteiger partial charge in [-0.15, -0.1) is 0 Å². The van der Waals surface area contributed by atoms with E-state index in [1.807, 2.05) is 19.9 Å². The van der Waals surface area contributed by atoms with Crippen LogP contribution in [0.25, 0.3) is 17.2 Å². The lowest BCUT2D eigenvalue weighted by atomic mass is 10.1. The van der Waals surface area contributed by atoms with Crippen LogP contribution in [0.15, 0.2) is 48.8 Å². The molecular weight excluding hydrogens is 279 g/mol. The number of carbonyl (C=O) groups excluding carboxylic acids is 1. The van der Waals surface area contributed by atoms with Gasteiger partial charge in [0.25, 0.3) is 0 Å². The van der Waals surface area contributed by atoms with Crippen molar-refractivity contribution >= 4 is 12.0 Å². The van der Waals surface area contributed by atoms with Gasteiger partial charge in [0.2, 0.25) is 5.91 Å². The summed E-state index contributed by atoms with van der Waals surface area (Å²) >= 11 is 0. The molecule has 0 spiro atoms. The molecule has 4 heteroatoms. The van der Waals surface area contributed by atoms with Crippen LogP contribution in [0.4, 0.5) is 4.39 Å². The highest BCUT2D eigenvalue weighted by molar-refractivity contribution is 5.91. The molecule has 1 aromatic carbocycles. The van der Waals surface area contributed by atoms with Crippen molar-refractivity contribution in [2.45, 2.75) is 13.8 Å². The largest absolute Gasteiger partial charge is 0.340 e. The number of pyridine rings is 1. The Kier molecular flexibility index (Phi) is 5.42. The minimum absolute atomic E-state index is 0.0165. The summed E-state index contributed by atoms with van der Waals surface area (Å²) in [6, 6.07) is 8.18. The molecule has 0 saturated carbocycles. The average molecular weight is 298 g/mol. The molecule has 0 N–H and O–H groups in total. The fraction of sp³-hybridized carbons (Fsp3) is 0.222. The van der Waals surface area contributed by atoms with Crippen molar-refractivity contribution in [3.05, 3.63) is 60.2 Å². The van der Waals surface area contributed by atoms with E-state index < -0.39 is 0 Å². The maximum Gasteiger partial charge on any atom is 0.246 e. The van der Waals surface area contributed by atoms with Gasteiger partial charge in [-0.05, 0) is 49.2 Å². The lowest BCUT2D eigenvalue weighted by Crippen LogP contribution is -2.28. The molecule has 1 heterocycles. The van der Waals surface area contributed by atoms with Gasteiger partial charge < -0.3 is 4.90 Å². The molecule has 114 valence electrons. The number of amides is 1. The molecule has 0 aliphatic rings. The first-order valence-electron chi connectivity index (χ1n) is 7.32. The molecule has 0 fully saturated rings. The van der Waals surface area contributed by atoms with Crippen LogP contribution in [0, 0.1) is 5.82 Å². The zero-order valence-corrected chi connectivity index (χ0v) is 12.8. The van der Waals surface area contributed by atoms with Gasteiger partial charge in [-0.25, -0.2) is 4.39 Å². The number of aromatic nitrogens is 1. The fourth-order valence-electron chi connectivity index (χ4n) is 2.16. The summed E-state index contributed by atoms with van der Waals surface area (Å²) in [5.41, 5.74) is 2.61. The van der Waals surface area contributed by atoms with Crippen molar-refractivity contribution in [1.29, 1.82) is 0 Å². The van der Waals surface area contributed by atoms with Crippen LogP contribution in [-0.2, 0) is 4.79 Å². The summed E-state index contributed by atoms with van der Waals surface area (Å²) < 4.78 is 13.0. The zero-order chi connectivity index (χ0) is 15.9. The quantitative estimate of drug-likeness (QED) is 0.787. The number of hydrogen-bond donors (Lipinski definition) is 0. The van der Waals surface area contributed by atoms with E-state index in [-0.39, 0.29) is 11.7 Å². The molecule has 0 saturated heterocycles. The molecule has 0 radical (unpaired) electrons. The number of carbonyl (C=O) groups is 1. The predicted octanol–water partition coefficient (Wildman–Crippen LogP) is 3.77. The average Bonchev–Trinajstić information content (AvgIpc) is 2.55. The van der Waals surface area contributed by atoms with E-state index in [2.05, 4.69) is 4.98 Å². The second kappa shape index (κ2) is 7.50. The smallest absolute Gasteiger partial charge is 0.246 e. The summed E-state index contributed by atoms with van der Waals surface area (Å²) in [4.78, 5) is 17.9. The second-order valence-electron chi connectivity index (χ2n) is 4.86. The highest BCUT2D eigenvalue weighted by Gasteiger charge is 2.05. The number of nitrogens with zero attached hydrogens (tertiary/aromatic N) is 2. The molecule has 2 aromatic rings. The van der Waals surface area contributed by atoms with Crippen LogP contribution in [0.2, 0.25) is 0 Å². The van der Waals surface area contributed by atoms with E-state index in [9.17, 15) is 9.18 Å². The SMILES string of the molecule is CCN(CC)C(=O)/C=C/c1cncc(-c2ccc(F)cc2)c1. The molecule has 22 heavy (non-hydrogen) atoms. The second-order valence-corrected chi connectivity index (χ2v) is 4.86. The van der Waals surface area contributed by atoms with E-state index in [0.29, 0.717) is 13.1 Å². The Morgan fingerprint density at radius 1 is 1.14 bits per heavy atom. The number of rotatable bonds is 5. The number of likely N-dealkylation sites (N-methyl/N-ethyl adjacent to an activating group) is 1. The van der Waals surface area contributed by atoms with Gasteiger partial charge >= 0.3 is 0 Å². The lowest BCUT2D eigenvalue weighted by Gasteiger charge is -2.15. The van der Waals surface area contributed by atoms with Crippen LogP contribution >= 0.6 is 0 Å². The number of hydrogen-bond acceptors (Lipinski definition) is 2. The third kappa shape index (κ3) is 4.01. The van der Waals surface area contributed by atoms with Gasteiger partial charge in [0.1, 0.15) is 5.82 Å². The van der Waals surface area contributed by atoms with Gasteiger partial charge in [0, 0.05) is 37.1 Å². The minimum Gasteiger partial charge on any atom is -0.340 e. The van der Waals surface area contributed by atoms with Crippen molar-refractivity contribution in [3.8, 4) is 11.1 Å². The Hall–Kier alpha value is -2.49. The maximum atomic E-state index is 13.0. The van der Waals surface area contributed by atoms with Crippen LogP contribution < -0.4 is 0 Å². The standard InChI is InChI=1S/C18H19FN2O/c1-3-21(4-2)18(22)10-5-14-11-16(13-20-12-14)15-6-8-17(19)9-7-15/h5-13H,3-4H2,1-2H3/b10-5+. The molecule has 0 bridgehead atoms. The summed E-state index contributed by atoms with van der Waals surface area (Å²) in [5.74, 6) is -0.283. The predicted molar refractivity (Wildman–Crippen MR) is 86.6 cm³/mol. The molecular formula is C18H19FN2O. The highest BCUT2D eigenvalue weighted by atomic mass is 19.1. The molecule has 1 aromatic heterocycles. The van der Waals surface area contributed by atoms with Gasteiger partial charge in [-0.2, -0.15) is 0 Å². The molecule has 3 nitrogen and oxygen atoms in total. The lowest BCUT2D eigenvalue weighted by molar-refractivity contribution is -0.125. The van der Waals surface area contributed by atoms with Gasteiger partial charge in [-0.1, -0.05) is 12.1 Å². The summed E-state index contributed by atoms with van der Waals surface area (Å²) in [5, 5.41) is 0. The normalized spacial score (nSPS) is 10.9. The van der Waals surface area contributed by atoms with Crippen LogP contribution in [0.5, 0.6) is 0 Å². The molecule has 1 amide bonds. The summed E-state index contributed by atoms with van der Waals surface area (Å²) in [7, 11) is 0. The number of halogens is 1. The minimum atomic E-state index is -0.266. The van der Waals surface area contributed by atoms with Crippen molar-refractivity contribution in [3.63, 3.8) is 0 Å². The Balaban J connectivity index is 2.18. The maximum absolute atomic E-state index is 13.0. The first-order chi connectivity index (χ1) is 10.6. The first kappa shape index (κ1) is 15.9. The van der Waals surface area contributed by atoms with Crippen LogP contribution in [0.3, 0.4) is 0 Å². The third-order valence-electron chi connectivity index (χ3n) is 3.43. The van der Waals surface area contributed by atoms with Gasteiger partial charge in [0.15, 0.2) is 0 Å². The van der Waals surface area contributed by atoms with Crippen molar-refractivity contribution < 1.29 is 9.18 Å². The van der Waals surface area contributed by atoms with Crippen molar-refractivity contribution in [1.82, 2.24) is 9.88 Å². The summed E-state index contributed by atoms with van der Waals surface area (Å²) in [6.45, 7) is 5.28. The fourth-order valence-corrected chi connectivity index (χ4v) is 2.16. The Labute approximate surface area is 130 Å². The number of benzene rings is 1. The topological polar surface area (TPSA) is 33.2 Å². The van der Waals surface area contributed by atoms with Gasteiger partial charge in [-0.3, -0.25) is 9.78 Å². The monoisotopic (exact) mass is 298 g/mol. The Morgan fingerprint density at radius 2 is 1.82 bits per heavy atom. The molecule has 2 rings (SSSR count). The Bertz CT molecular complexity index is 661. The van der Waals surface area contributed by atoms with E-state index in [1.165, 1.54) is 12.1 Å². The molecule has 0 atom stereocenters. The van der Waals surface area contributed by atoms with E-state index in [4.69, 9.17) is 0 Å².